The molecule has 0 unspecified atom stereocenters. The van der Waals surface area contributed by atoms with Crippen LogP contribution < -0.4 is 16.8 Å². The Morgan fingerprint density at radius 2 is 1.96 bits per heavy atom. The van der Waals surface area contributed by atoms with Gasteiger partial charge in [-0.3, -0.25) is 4.79 Å². The maximum Gasteiger partial charge on any atom is 0.316 e. The summed E-state index contributed by atoms with van der Waals surface area (Å²) in [7, 11) is 0. The second kappa shape index (κ2) is 6.48. The second-order valence-corrected chi connectivity index (χ2v) is 5.60. The molecule has 2 aromatic carbocycles. The average Bonchev–Trinajstić information content (AvgIpc) is 2.99. The SMILES string of the molecule is Cc1ccc(-c2cccc(-n3cc(NC(N)=O)c(C=O)n3)c2)cc1N. The molecule has 2 amide bonds. The third kappa shape index (κ3) is 3.35. The van der Waals surface area contributed by atoms with Gasteiger partial charge in [-0.05, 0) is 41.8 Å². The molecule has 0 fully saturated rings. The standard InChI is InChI=1S/C18H17N5O2/c1-11-5-6-13(8-15(11)19)12-3-2-4-14(7-12)23-9-16(21-18(20)25)17(10-24)22-23/h2-10H,19H2,1H3,(H3,20,21,25). The van der Waals surface area contributed by atoms with E-state index in [1.165, 1.54) is 10.9 Å². The third-order valence-electron chi connectivity index (χ3n) is 3.84. The van der Waals surface area contributed by atoms with Gasteiger partial charge in [-0.15, -0.1) is 0 Å². The summed E-state index contributed by atoms with van der Waals surface area (Å²) in [6.45, 7) is 1.95. The van der Waals surface area contributed by atoms with E-state index >= 15 is 0 Å². The minimum Gasteiger partial charge on any atom is -0.398 e. The van der Waals surface area contributed by atoms with E-state index in [1.54, 1.807) is 0 Å². The summed E-state index contributed by atoms with van der Waals surface area (Å²) in [6.07, 6.45) is 2.10. The number of nitrogens with one attached hydrogen (secondary N) is 1. The molecule has 0 saturated carbocycles. The van der Waals surface area contributed by atoms with Gasteiger partial charge in [-0.1, -0.05) is 24.3 Å². The Morgan fingerprint density at radius 1 is 1.20 bits per heavy atom. The number of urea groups is 1. The first-order chi connectivity index (χ1) is 12.0. The van der Waals surface area contributed by atoms with Crippen molar-refractivity contribution in [1.82, 2.24) is 9.78 Å². The largest absolute Gasteiger partial charge is 0.398 e. The highest BCUT2D eigenvalue weighted by molar-refractivity contribution is 5.93. The van der Waals surface area contributed by atoms with E-state index in [0.29, 0.717) is 6.29 Å². The van der Waals surface area contributed by atoms with Crippen LogP contribution in [0.25, 0.3) is 16.8 Å². The van der Waals surface area contributed by atoms with E-state index < -0.39 is 6.03 Å². The van der Waals surface area contributed by atoms with Gasteiger partial charge in [-0.2, -0.15) is 5.10 Å². The number of carbonyl (C=O) groups excluding carboxylic acids is 2. The van der Waals surface area contributed by atoms with Crippen molar-refractivity contribution in [3.8, 4) is 16.8 Å². The first kappa shape index (κ1) is 16.3. The number of primary amides is 1. The minimum atomic E-state index is -0.758. The number of anilines is 2. The number of amides is 2. The molecule has 0 aliphatic carbocycles. The number of rotatable bonds is 4. The molecule has 7 heteroatoms. The van der Waals surface area contributed by atoms with Crippen molar-refractivity contribution in [2.45, 2.75) is 6.92 Å². The molecule has 3 rings (SSSR count). The van der Waals surface area contributed by atoms with Gasteiger partial charge in [0.15, 0.2) is 6.29 Å². The molecule has 0 spiro atoms. The Balaban J connectivity index is 2.01. The number of hydrogen-bond donors (Lipinski definition) is 3. The van der Waals surface area contributed by atoms with Crippen LogP contribution in [0.2, 0.25) is 0 Å². The number of nitrogen functional groups attached to an aromatic ring is 1. The van der Waals surface area contributed by atoms with Gasteiger partial charge >= 0.3 is 6.03 Å². The Morgan fingerprint density at radius 3 is 2.64 bits per heavy atom. The van der Waals surface area contributed by atoms with Crippen LogP contribution in [0.3, 0.4) is 0 Å². The first-order valence-corrected chi connectivity index (χ1v) is 7.56. The quantitative estimate of drug-likeness (QED) is 0.502. The molecule has 0 saturated heterocycles. The summed E-state index contributed by atoms with van der Waals surface area (Å²) in [5.41, 5.74) is 15.9. The minimum absolute atomic E-state index is 0.101. The number of aldehydes is 1. The van der Waals surface area contributed by atoms with Crippen LogP contribution in [0.15, 0.2) is 48.7 Å². The molecule has 126 valence electrons. The van der Waals surface area contributed by atoms with Crippen molar-refractivity contribution in [2.24, 2.45) is 5.73 Å². The highest BCUT2D eigenvalue weighted by Crippen LogP contribution is 2.26. The second-order valence-electron chi connectivity index (χ2n) is 5.60. The zero-order valence-electron chi connectivity index (χ0n) is 13.6. The van der Waals surface area contributed by atoms with Gasteiger partial charge in [0.25, 0.3) is 0 Å². The lowest BCUT2D eigenvalue weighted by Gasteiger charge is -2.08. The number of carbonyl (C=O) groups is 2. The highest BCUT2D eigenvalue weighted by atomic mass is 16.2. The van der Waals surface area contributed by atoms with E-state index in [0.717, 1.165) is 28.1 Å². The summed E-state index contributed by atoms with van der Waals surface area (Å²) < 4.78 is 1.51. The molecule has 5 N–H and O–H groups in total. The number of aryl methyl sites for hydroxylation is 1. The van der Waals surface area contributed by atoms with E-state index in [4.69, 9.17) is 11.5 Å². The Kier molecular flexibility index (Phi) is 4.21. The highest BCUT2D eigenvalue weighted by Gasteiger charge is 2.11. The number of aromatic nitrogens is 2. The maximum absolute atomic E-state index is 11.1. The molecule has 0 radical (unpaired) electrons. The monoisotopic (exact) mass is 335 g/mol. The molecular weight excluding hydrogens is 318 g/mol. The van der Waals surface area contributed by atoms with Crippen molar-refractivity contribution in [1.29, 1.82) is 0 Å². The lowest BCUT2D eigenvalue weighted by molar-refractivity contribution is 0.111. The van der Waals surface area contributed by atoms with Gasteiger partial charge in [0.05, 0.1) is 17.6 Å². The summed E-state index contributed by atoms with van der Waals surface area (Å²) >= 11 is 0. The summed E-state index contributed by atoms with van der Waals surface area (Å²) in [6, 6.07) is 12.7. The van der Waals surface area contributed by atoms with Crippen LogP contribution in [0, 0.1) is 6.92 Å². The van der Waals surface area contributed by atoms with Gasteiger partial charge in [0.2, 0.25) is 0 Å². The van der Waals surface area contributed by atoms with Crippen LogP contribution in [0.1, 0.15) is 16.1 Å². The van der Waals surface area contributed by atoms with Crippen molar-refractivity contribution < 1.29 is 9.59 Å². The normalized spacial score (nSPS) is 10.4. The lowest BCUT2D eigenvalue weighted by atomic mass is 10.0. The topological polar surface area (TPSA) is 116 Å². The fourth-order valence-corrected chi connectivity index (χ4v) is 2.48. The molecule has 25 heavy (non-hydrogen) atoms. The van der Waals surface area contributed by atoms with E-state index in [1.807, 2.05) is 49.4 Å². The lowest BCUT2D eigenvalue weighted by Crippen LogP contribution is -2.19. The third-order valence-corrected chi connectivity index (χ3v) is 3.84. The predicted octanol–water partition coefficient (Wildman–Crippen LogP) is 2.73. The number of nitrogens with two attached hydrogens (primary N) is 2. The number of hydrogen-bond acceptors (Lipinski definition) is 4. The molecule has 0 bridgehead atoms. The van der Waals surface area contributed by atoms with Crippen LogP contribution >= 0.6 is 0 Å². The van der Waals surface area contributed by atoms with Gasteiger partial charge in [0.1, 0.15) is 5.69 Å². The summed E-state index contributed by atoms with van der Waals surface area (Å²) in [5, 5.41) is 6.55. The zero-order valence-corrected chi connectivity index (χ0v) is 13.6. The molecule has 1 aromatic heterocycles. The Bertz CT molecular complexity index is 962. The molecule has 0 aliphatic rings. The van der Waals surface area contributed by atoms with E-state index in [9.17, 15) is 9.59 Å². The van der Waals surface area contributed by atoms with Crippen LogP contribution in [0.4, 0.5) is 16.2 Å². The predicted molar refractivity (Wildman–Crippen MR) is 96.7 cm³/mol. The smallest absolute Gasteiger partial charge is 0.316 e. The molecule has 7 nitrogen and oxygen atoms in total. The van der Waals surface area contributed by atoms with Crippen LogP contribution in [0.5, 0.6) is 0 Å². The van der Waals surface area contributed by atoms with Gasteiger partial charge in [0, 0.05) is 5.69 Å². The summed E-state index contributed by atoms with van der Waals surface area (Å²) in [4.78, 5) is 22.2. The van der Waals surface area contributed by atoms with E-state index in [-0.39, 0.29) is 11.4 Å². The Hall–Kier alpha value is -3.61. The van der Waals surface area contributed by atoms with E-state index in [2.05, 4.69) is 10.4 Å². The fraction of sp³-hybridized carbons (Fsp3) is 0.0556. The average molecular weight is 335 g/mol. The van der Waals surface area contributed by atoms with Crippen LogP contribution in [-0.2, 0) is 0 Å². The van der Waals surface area contributed by atoms with Crippen molar-refractivity contribution in [2.75, 3.05) is 11.1 Å². The molecular formula is C18H17N5O2. The molecule has 0 atom stereocenters. The van der Waals surface area contributed by atoms with Gasteiger partial charge in [-0.25, -0.2) is 9.48 Å². The molecule has 0 aliphatic heterocycles. The van der Waals surface area contributed by atoms with Crippen molar-refractivity contribution in [3.05, 3.63) is 59.9 Å². The van der Waals surface area contributed by atoms with Crippen molar-refractivity contribution in [3.63, 3.8) is 0 Å². The van der Waals surface area contributed by atoms with Crippen LogP contribution in [-0.4, -0.2) is 22.1 Å². The first-order valence-electron chi connectivity index (χ1n) is 7.56. The van der Waals surface area contributed by atoms with Crippen molar-refractivity contribution >= 4 is 23.7 Å². The van der Waals surface area contributed by atoms with Gasteiger partial charge < -0.3 is 16.8 Å². The molecule has 3 aromatic rings. The number of nitrogens with zero attached hydrogens (tertiary/aromatic N) is 2. The Labute approximate surface area is 144 Å². The zero-order chi connectivity index (χ0) is 18.0. The summed E-state index contributed by atoms with van der Waals surface area (Å²) in [5.74, 6) is 0. The number of benzene rings is 2. The fourth-order valence-electron chi connectivity index (χ4n) is 2.48. The maximum atomic E-state index is 11.1. The molecule has 1 heterocycles.